The van der Waals surface area contributed by atoms with E-state index >= 15 is 0 Å². The first-order valence-electron chi connectivity index (χ1n) is 11.2. The molecule has 2 N–H and O–H groups in total. The molecule has 1 saturated carbocycles. The molecule has 2 atom stereocenters. The van der Waals surface area contributed by atoms with Crippen LogP contribution in [-0.2, 0) is 14.3 Å². The van der Waals surface area contributed by atoms with Gasteiger partial charge in [0.25, 0.3) is 0 Å². The first-order valence-corrected chi connectivity index (χ1v) is 11.2. The van der Waals surface area contributed by atoms with Gasteiger partial charge in [-0.05, 0) is 41.5 Å². The molecule has 0 heterocycles. The summed E-state index contributed by atoms with van der Waals surface area (Å²) in [5.74, 6) is -1.60. The molecule has 2 unspecified atom stereocenters. The molecule has 0 saturated heterocycles. The number of amides is 2. The highest BCUT2D eigenvalue weighted by Gasteiger charge is 2.34. The Bertz CT molecular complexity index is 1020. The number of nitrogens with one attached hydrogen (secondary N) is 1. The number of carbonyl (C=O) groups is 3. The Morgan fingerprint density at radius 1 is 1.06 bits per heavy atom. The predicted octanol–water partition coefficient (Wildman–Crippen LogP) is 3.79. The minimum absolute atomic E-state index is 0.00969. The smallest absolute Gasteiger partial charge is 0.407 e. The fourth-order valence-electron chi connectivity index (χ4n) is 4.95. The number of carboxylic acid groups (broad SMARTS) is 1. The Kier molecular flexibility index (Phi) is 6.77. The number of carboxylic acids is 1. The van der Waals surface area contributed by atoms with Gasteiger partial charge < -0.3 is 20.1 Å². The number of carbonyl (C=O) groups excluding carboxylic acids is 2. The number of nitrogens with zero attached hydrogens (tertiary/aromatic N) is 1. The van der Waals surface area contributed by atoms with Crippen LogP contribution in [0.25, 0.3) is 11.1 Å². The molecule has 1 fully saturated rings. The van der Waals surface area contributed by atoms with Crippen molar-refractivity contribution in [2.24, 2.45) is 5.92 Å². The molecular formula is C26H28N2O5. The highest BCUT2D eigenvalue weighted by Crippen LogP contribution is 2.44. The third kappa shape index (κ3) is 4.92. The molecule has 2 aromatic carbocycles. The van der Waals surface area contributed by atoms with E-state index in [9.17, 15) is 14.4 Å². The van der Waals surface area contributed by atoms with Gasteiger partial charge in [-0.1, -0.05) is 54.6 Å². The molecule has 0 bridgehead atoms. The van der Waals surface area contributed by atoms with E-state index in [-0.39, 0.29) is 43.5 Å². The molecule has 4 rings (SSSR count). The summed E-state index contributed by atoms with van der Waals surface area (Å²) >= 11 is 0. The minimum atomic E-state index is -1.06. The van der Waals surface area contributed by atoms with Crippen molar-refractivity contribution < 1.29 is 24.2 Å². The second kappa shape index (κ2) is 9.90. The van der Waals surface area contributed by atoms with Crippen LogP contribution in [0, 0.1) is 5.92 Å². The normalized spacial score (nSPS) is 18.8. The zero-order valence-corrected chi connectivity index (χ0v) is 18.4. The standard InChI is InChI=1S/C26H28N2O5/c1-2-13-28(15-24(29)30)25(31)17-11-12-18(14-17)27-26(32)33-16-23-21-9-5-3-7-19(21)20-8-4-6-10-22(20)23/h2-10,17-18,23H,1,11-16H2,(H,27,32)(H,29,30). The van der Waals surface area contributed by atoms with E-state index < -0.39 is 12.1 Å². The van der Waals surface area contributed by atoms with Crippen molar-refractivity contribution in [3.05, 3.63) is 72.3 Å². The molecular weight excluding hydrogens is 420 g/mol. The van der Waals surface area contributed by atoms with Crippen LogP contribution < -0.4 is 5.32 Å². The van der Waals surface area contributed by atoms with E-state index in [0.29, 0.717) is 19.3 Å². The van der Waals surface area contributed by atoms with E-state index in [4.69, 9.17) is 9.84 Å². The van der Waals surface area contributed by atoms with E-state index in [0.717, 1.165) is 11.1 Å². The van der Waals surface area contributed by atoms with Crippen molar-refractivity contribution in [1.29, 1.82) is 0 Å². The van der Waals surface area contributed by atoms with Crippen LogP contribution in [0.2, 0.25) is 0 Å². The molecule has 2 amide bonds. The van der Waals surface area contributed by atoms with E-state index in [1.807, 2.05) is 24.3 Å². The lowest BCUT2D eigenvalue weighted by molar-refractivity contribution is -0.145. The topological polar surface area (TPSA) is 95.9 Å². The Balaban J connectivity index is 1.32. The van der Waals surface area contributed by atoms with Crippen LogP contribution in [0.4, 0.5) is 4.79 Å². The zero-order valence-electron chi connectivity index (χ0n) is 18.4. The molecule has 7 nitrogen and oxygen atoms in total. The summed E-state index contributed by atoms with van der Waals surface area (Å²) in [6.45, 7) is 3.66. The number of alkyl carbamates (subject to hydrolysis) is 1. The highest BCUT2D eigenvalue weighted by atomic mass is 16.5. The van der Waals surface area contributed by atoms with Crippen LogP contribution in [0.1, 0.15) is 36.3 Å². The second-order valence-electron chi connectivity index (χ2n) is 8.58. The van der Waals surface area contributed by atoms with Crippen molar-refractivity contribution in [1.82, 2.24) is 10.2 Å². The van der Waals surface area contributed by atoms with Gasteiger partial charge in [0.15, 0.2) is 0 Å². The number of hydrogen-bond donors (Lipinski definition) is 2. The Labute approximate surface area is 193 Å². The number of fused-ring (bicyclic) bond motifs is 3. The van der Waals surface area contributed by atoms with Crippen molar-refractivity contribution in [2.75, 3.05) is 19.7 Å². The maximum absolute atomic E-state index is 12.7. The highest BCUT2D eigenvalue weighted by molar-refractivity contribution is 5.83. The van der Waals surface area contributed by atoms with Gasteiger partial charge in [-0.3, -0.25) is 9.59 Å². The quantitative estimate of drug-likeness (QED) is 0.599. The van der Waals surface area contributed by atoms with Gasteiger partial charge in [0.1, 0.15) is 13.2 Å². The van der Waals surface area contributed by atoms with Crippen molar-refractivity contribution in [2.45, 2.75) is 31.2 Å². The van der Waals surface area contributed by atoms with Crippen LogP contribution in [0.5, 0.6) is 0 Å². The molecule has 7 heteroatoms. The fraction of sp³-hybridized carbons (Fsp3) is 0.346. The lowest BCUT2D eigenvalue weighted by atomic mass is 9.98. The van der Waals surface area contributed by atoms with Gasteiger partial charge in [-0.25, -0.2) is 4.79 Å². The molecule has 0 radical (unpaired) electrons. The summed E-state index contributed by atoms with van der Waals surface area (Å²) in [5.41, 5.74) is 4.65. The van der Waals surface area contributed by atoms with Gasteiger partial charge in [0, 0.05) is 24.4 Å². The number of hydrogen-bond acceptors (Lipinski definition) is 4. The lowest BCUT2D eigenvalue weighted by Crippen LogP contribution is -2.40. The largest absolute Gasteiger partial charge is 0.480 e. The Hall–Kier alpha value is -3.61. The predicted molar refractivity (Wildman–Crippen MR) is 124 cm³/mol. The second-order valence-corrected chi connectivity index (χ2v) is 8.58. The summed E-state index contributed by atoms with van der Waals surface area (Å²) in [6, 6.07) is 16.1. The molecule has 2 aromatic rings. The zero-order chi connectivity index (χ0) is 23.4. The third-order valence-corrected chi connectivity index (χ3v) is 6.43. The van der Waals surface area contributed by atoms with E-state index in [2.05, 4.69) is 36.2 Å². The average Bonchev–Trinajstić information content (AvgIpc) is 3.39. The van der Waals surface area contributed by atoms with Crippen molar-refractivity contribution in [3.8, 4) is 11.1 Å². The maximum atomic E-state index is 12.7. The van der Waals surface area contributed by atoms with Gasteiger partial charge in [0.2, 0.25) is 5.91 Å². The Morgan fingerprint density at radius 3 is 2.30 bits per heavy atom. The number of ether oxygens (including phenoxy) is 1. The molecule has 172 valence electrons. The van der Waals surface area contributed by atoms with Gasteiger partial charge in [0.05, 0.1) is 0 Å². The number of benzene rings is 2. The van der Waals surface area contributed by atoms with Gasteiger partial charge in [-0.2, -0.15) is 0 Å². The minimum Gasteiger partial charge on any atom is -0.480 e. The molecule has 0 spiro atoms. The first-order chi connectivity index (χ1) is 16.0. The van der Waals surface area contributed by atoms with Crippen LogP contribution in [0.15, 0.2) is 61.2 Å². The van der Waals surface area contributed by atoms with Gasteiger partial charge in [-0.15, -0.1) is 6.58 Å². The summed E-state index contributed by atoms with van der Waals surface area (Å²) in [5, 5.41) is 11.9. The lowest BCUT2D eigenvalue weighted by Gasteiger charge is -2.22. The molecule has 2 aliphatic carbocycles. The van der Waals surface area contributed by atoms with Crippen molar-refractivity contribution >= 4 is 18.0 Å². The van der Waals surface area contributed by atoms with Crippen molar-refractivity contribution in [3.63, 3.8) is 0 Å². The SMILES string of the molecule is C=CCN(CC(=O)O)C(=O)C1CCC(NC(=O)OCC2c3ccccc3-c3ccccc32)C1. The number of aliphatic carboxylic acids is 1. The summed E-state index contributed by atoms with van der Waals surface area (Å²) in [6.07, 6.45) is 2.73. The third-order valence-electron chi connectivity index (χ3n) is 6.43. The van der Waals surface area contributed by atoms with E-state index in [1.165, 1.54) is 22.1 Å². The summed E-state index contributed by atoms with van der Waals surface area (Å²) < 4.78 is 5.60. The maximum Gasteiger partial charge on any atom is 0.407 e. The van der Waals surface area contributed by atoms with Crippen LogP contribution in [-0.4, -0.2) is 53.7 Å². The average molecular weight is 449 g/mol. The van der Waals surface area contributed by atoms with Crippen LogP contribution >= 0.6 is 0 Å². The summed E-state index contributed by atoms with van der Waals surface area (Å²) in [7, 11) is 0. The first kappa shape index (κ1) is 22.6. The number of rotatable bonds is 8. The molecule has 0 aliphatic heterocycles. The monoisotopic (exact) mass is 448 g/mol. The molecule has 33 heavy (non-hydrogen) atoms. The molecule has 0 aromatic heterocycles. The van der Waals surface area contributed by atoms with Gasteiger partial charge >= 0.3 is 12.1 Å². The summed E-state index contributed by atoms with van der Waals surface area (Å²) in [4.78, 5) is 37.6. The van der Waals surface area contributed by atoms with E-state index in [1.54, 1.807) is 0 Å². The Morgan fingerprint density at radius 2 is 1.70 bits per heavy atom. The molecule has 2 aliphatic rings. The van der Waals surface area contributed by atoms with Crippen LogP contribution in [0.3, 0.4) is 0 Å². The fourth-order valence-corrected chi connectivity index (χ4v) is 4.95.